The molecule has 0 fully saturated rings. The topological polar surface area (TPSA) is 20.2 Å². The van der Waals surface area contributed by atoms with Gasteiger partial charge in [-0.05, 0) is 43.2 Å². The molecule has 1 nitrogen and oxygen atoms in total. The summed E-state index contributed by atoms with van der Waals surface area (Å²) in [4.78, 5) is 0. The first-order valence-electron chi connectivity index (χ1n) is 6.23. The van der Waals surface area contributed by atoms with Crippen LogP contribution in [0, 0.1) is 24.4 Å². The minimum Gasteiger partial charge on any atom is -0.385 e. The molecule has 0 bridgehead atoms. The summed E-state index contributed by atoms with van der Waals surface area (Å²) in [5, 5.41) is 10.4. The lowest BCUT2D eigenvalue weighted by molar-refractivity contribution is 0.0496. The van der Waals surface area contributed by atoms with Crippen LogP contribution in [0.5, 0.6) is 0 Å². The second kappa shape index (κ2) is 5.29. The zero-order valence-corrected chi connectivity index (χ0v) is 11.3. The quantitative estimate of drug-likeness (QED) is 0.905. The average molecular weight is 280 g/mol. The van der Waals surface area contributed by atoms with Crippen LogP contribution < -0.4 is 0 Å². The molecule has 4 heteroatoms. The van der Waals surface area contributed by atoms with Crippen LogP contribution in [0.4, 0.5) is 13.2 Å². The molecule has 1 atom stereocenters. The Morgan fingerprint density at radius 1 is 1.00 bits per heavy atom. The van der Waals surface area contributed by atoms with Gasteiger partial charge in [-0.25, -0.2) is 13.2 Å². The fourth-order valence-electron chi connectivity index (χ4n) is 2.24. The molecule has 2 aromatic carbocycles. The Labute approximate surface area is 115 Å². The fraction of sp³-hybridized carbons (Fsp3) is 0.250. The van der Waals surface area contributed by atoms with E-state index in [0.717, 1.165) is 6.07 Å². The number of benzene rings is 2. The highest BCUT2D eigenvalue weighted by Gasteiger charge is 2.31. The van der Waals surface area contributed by atoms with Gasteiger partial charge >= 0.3 is 0 Å². The smallest absolute Gasteiger partial charge is 0.135 e. The minimum atomic E-state index is -1.71. The van der Waals surface area contributed by atoms with Crippen molar-refractivity contribution in [1.82, 2.24) is 0 Å². The SMILES string of the molecule is Cc1ccc(F)c(C(C)(O)Cc2ccc(F)cc2)c1F. The van der Waals surface area contributed by atoms with Gasteiger partial charge in [-0.15, -0.1) is 0 Å². The molecule has 1 N–H and O–H groups in total. The number of aryl methyl sites for hydroxylation is 1. The standard InChI is InChI=1S/C16H15F3O/c1-10-3-8-13(18)14(15(10)19)16(2,20)9-11-4-6-12(17)7-5-11/h3-8,20H,9H2,1-2H3. The molecule has 0 radical (unpaired) electrons. The van der Waals surface area contributed by atoms with E-state index in [2.05, 4.69) is 0 Å². The molecule has 2 rings (SSSR count). The van der Waals surface area contributed by atoms with Crippen molar-refractivity contribution in [2.45, 2.75) is 25.9 Å². The molecule has 0 aliphatic rings. The average Bonchev–Trinajstić information content (AvgIpc) is 2.37. The van der Waals surface area contributed by atoms with E-state index in [1.54, 1.807) is 0 Å². The second-order valence-electron chi connectivity index (χ2n) is 5.13. The van der Waals surface area contributed by atoms with E-state index in [0.29, 0.717) is 5.56 Å². The van der Waals surface area contributed by atoms with Gasteiger partial charge in [0.05, 0.1) is 11.2 Å². The molecular weight excluding hydrogens is 265 g/mol. The molecule has 0 spiro atoms. The van der Waals surface area contributed by atoms with Gasteiger partial charge in [0.2, 0.25) is 0 Å². The molecule has 0 heterocycles. The molecule has 0 aromatic heterocycles. The molecule has 106 valence electrons. The maximum atomic E-state index is 14.1. The Balaban J connectivity index is 2.40. The van der Waals surface area contributed by atoms with Crippen LogP contribution in [0.3, 0.4) is 0 Å². The van der Waals surface area contributed by atoms with Crippen molar-refractivity contribution in [3.05, 3.63) is 70.5 Å². The van der Waals surface area contributed by atoms with Crippen LogP contribution in [-0.2, 0) is 12.0 Å². The van der Waals surface area contributed by atoms with Gasteiger partial charge in [-0.1, -0.05) is 18.2 Å². The summed E-state index contributed by atoms with van der Waals surface area (Å²) in [5.41, 5.74) is -1.21. The highest BCUT2D eigenvalue weighted by Crippen LogP contribution is 2.31. The van der Waals surface area contributed by atoms with Gasteiger partial charge in [-0.3, -0.25) is 0 Å². The Kier molecular flexibility index (Phi) is 3.86. The van der Waals surface area contributed by atoms with E-state index < -0.39 is 23.1 Å². The maximum absolute atomic E-state index is 14.1. The summed E-state index contributed by atoms with van der Waals surface area (Å²) in [5.74, 6) is -1.95. The van der Waals surface area contributed by atoms with E-state index in [4.69, 9.17) is 0 Å². The van der Waals surface area contributed by atoms with Crippen molar-refractivity contribution < 1.29 is 18.3 Å². The van der Waals surface area contributed by atoms with E-state index in [-0.39, 0.29) is 17.5 Å². The lowest BCUT2D eigenvalue weighted by atomic mass is 9.87. The van der Waals surface area contributed by atoms with E-state index >= 15 is 0 Å². The number of aliphatic hydroxyl groups is 1. The van der Waals surface area contributed by atoms with Gasteiger partial charge in [0, 0.05) is 6.42 Å². The summed E-state index contributed by atoms with van der Waals surface area (Å²) in [6.45, 7) is 2.85. The third-order valence-electron chi connectivity index (χ3n) is 3.28. The van der Waals surface area contributed by atoms with Crippen LogP contribution in [-0.4, -0.2) is 5.11 Å². The van der Waals surface area contributed by atoms with Gasteiger partial charge in [0.15, 0.2) is 0 Å². The largest absolute Gasteiger partial charge is 0.385 e. The Hall–Kier alpha value is -1.81. The highest BCUT2D eigenvalue weighted by molar-refractivity contribution is 5.33. The minimum absolute atomic E-state index is 0.00935. The Morgan fingerprint density at radius 3 is 2.20 bits per heavy atom. The maximum Gasteiger partial charge on any atom is 0.135 e. The molecule has 1 unspecified atom stereocenters. The summed E-state index contributed by atoms with van der Waals surface area (Å²) in [6.07, 6.45) is -0.00935. The normalized spacial score (nSPS) is 14.1. The van der Waals surface area contributed by atoms with Crippen molar-refractivity contribution in [3.63, 3.8) is 0 Å². The summed E-state index contributed by atoms with van der Waals surface area (Å²) in [7, 11) is 0. The second-order valence-corrected chi connectivity index (χ2v) is 5.13. The van der Waals surface area contributed by atoms with Crippen molar-refractivity contribution >= 4 is 0 Å². The predicted molar refractivity (Wildman–Crippen MR) is 70.8 cm³/mol. The zero-order valence-electron chi connectivity index (χ0n) is 11.3. The van der Waals surface area contributed by atoms with Crippen LogP contribution in [0.1, 0.15) is 23.6 Å². The van der Waals surface area contributed by atoms with E-state index in [1.165, 1.54) is 44.2 Å². The first-order chi connectivity index (χ1) is 9.31. The first-order valence-corrected chi connectivity index (χ1v) is 6.23. The van der Waals surface area contributed by atoms with Crippen molar-refractivity contribution in [2.75, 3.05) is 0 Å². The number of rotatable bonds is 3. The monoisotopic (exact) mass is 280 g/mol. The molecule has 0 saturated carbocycles. The molecule has 20 heavy (non-hydrogen) atoms. The molecular formula is C16H15F3O. The zero-order chi connectivity index (χ0) is 14.9. The summed E-state index contributed by atoms with van der Waals surface area (Å²) in [6, 6.07) is 7.91. The molecule has 0 aliphatic carbocycles. The van der Waals surface area contributed by atoms with Crippen LogP contribution in [0.25, 0.3) is 0 Å². The number of hydrogen-bond acceptors (Lipinski definition) is 1. The number of halogens is 3. The molecule has 2 aromatic rings. The summed E-state index contributed by atoms with van der Waals surface area (Å²) < 4.78 is 40.7. The molecule has 0 saturated heterocycles. The van der Waals surface area contributed by atoms with Gasteiger partial charge < -0.3 is 5.11 Å². The lowest BCUT2D eigenvalue weighted by Crippen LogP contribution is -2.27. The highest BCUT2D eigenvalue weighted by atomic mass is 19.1. The van der Waals surface area contributed by atoms with Crippen LogP contribution >= 0.6 is 0 Å². The van der Waals surface area contributed by atoms with Crippen molar-refractivity contribution in [1.29, 1.82) is 0 Å². The van der Waals surface area contributed by atoms with Crippen LogP contribution in [0.2, 0.25) is 0 Å². The summed E-state index contributed by atoms with van der Waals surface area (Å²) >= 11 is 0. The Morgan fingerprint density at radius 2 is 1.60 bits per heavy atom. The van der Waals surface area contributed by atoms with Crippen LogP contribution in [0.15, 0.2) is 36.4 Å². The van der Waals surface area contributed by atoms with Crippen molar-refractivity contribution in [3.8, 4) is 0 Å². The fourth-order valence-corrected chi connectivity index (χ4v) is 2.24. The van der Waals surface area contributed by atoms with E-state index in [9.17, 15) is 18.3 Å². The molecule has 0 amide bonds. The van der Waals surface area contributed by atoms with Crippen molar-refractivity contribution in [2.24, 2.45) is 0 Å². The van der Waals surface area contributed by atoms with Gasteiger partial charge in [0.25, 0.3) is 0 Å². The third-order valence-corrected chi connectivity index (χ3v) is 3.28. The molecule has 0 aliphatic heterocycles. The Bertz CT molecular complexity index is 618. The van der Waals surface area contributed by atoms with Gasteiger partial charge in [0.1, 0.15) is 17.5 Å². The lowest BCUT2D eigenvalue weighted by Gasteiger charge is -2.25. The number of hydrogen-bond donors (Lipinski definition) is 1. The van der Waals surface area contributed by atoms with E-state index in [1.807, 2.05) is 0 Å². The third kappa shape index (κ3) is 2.85. The van der Waals surface area contributed by atoms with Gasteiger partial charge in [-0.2, -0.15) is 0 Å². The predicted octanol–water partition coefficient (Wildman–Crippen LogP) is 3.86. The first kappa shape index (κ1) is 14.6.